The van der Waals surface area contributed by atoms with Gasteiger partial charge in [-0.05, 0) is 41.0 Å². The first kappa shape index (κ1) is 13.7. The van der Waals surface area contributed by atoms with Gasteiger partial charge in [0, 0.05) is 6.07 Å². The molecule has 3 rings (SSSR count). The zero-order valence-corrected chi connectivity index (χ0v) is 11.6. The van der Waals surface area contributed by atoms with Crippen molar-refractivity contribution in [3.63, 3.8) is 0 Å². The lowest BCUT2D eigenvalue weighted by Gasteiger charge is -2.27. The molecule has 1 nitrogen and oxygen atoms in total. The van der Waals surface area contributed by atoms with Gasteiger partial charge in [-0.15, -0.1) is 0 Å². The highest BCUT2D eigenvalue weighted by molar-refractivity contribution is 5.87. The fraction of sp³-hybridized carbons (Fsp3) is 0.111. The standard InChI is InChI=1S/C18H15F2N/c1-18(21,13-9-14(19)11-15(20)10-13)17-8-4-6-12-5-2-3-7-16(12)17/h2-11H,21H2,1H3. The van der Waals surface area contributed by atoms with E-state index in [1.165, 1.54) is 12.1 Å². The number of hydrogen-bond acceptors (Lipinski definition) is 1. The SMILES string of the molecule is CC(N)(c1cc(F)cc(F)c1)c1cccc2ccccc12. The summed E-state index contributed by atoms with van der Waals surface area (Å²) in [5, 5.41) is 2.03. The minimum Gasteiger partial charge on any atom is -0.318 e. The van der Waals surface area contributed by atoms with E-state index in [0.717, 1.165) is 22.4 Å². The first-order valence-corrected chi connectivity index (χ1v) is 6.72. The van der Waals surface area contributed by atoms with Gasteiger partial charge in [0.15, 0.2) is 0 Å². The van der Waals surface area contributed by atoms with Gasteiger partial charge in [-0.1, -0.05) is 42.5 Å². The lowest BCUT2D eigenvalue weighted by atomic mass is 9.83. The van der Waals surface area contributed by atoms with Crippen LogP contribution in [0.1, 0.15) is 18.1 Å². The maximum absolute atomic E-state index is 13.5. The Morgan fingerprint density at radius 1 is 0.857 bits per heavy atom. The molecule has 0 amide bonds. The Balaban J connectivity index is 2.24. The number of nitrogens with two attached hydrogens (primary N) is 1. The molecule has 0 spiro atoms. The summed E-state index contributed by atoms with van der Waals surface area (Å²) in [6, 6.07) is 17.0. The first-order valence-electron chi connectivity index (χ1n) is 6.72. The highest BCUT2D eigenvalue weighted by Gasteiger charge is 2.26. The van der Waals surface area contributed by atoms with Gasteiger partial charge in [0.1, 0.15) is 11.6 Å². The van der Waals surface area contributed by atoms with Crippen LogP contribution in [0.4, 0.5) is 8.78 Å². The lowest BCUT2D eigenvalue weighted by Crippen LogP contribution is -2.34. The Morgan fingerprint density at radius 3 is 2.19 bits per heavy atom. The highest BCUT2D eigenvalue weighted by Crippen LogP contribution is 2.32. The minimum atomic E-state index is -0.982. The zero-order valence-electron chi connectivity index (χ0n) is 11.6. The largest absolute Gasteiger partial charge is 0.318 e. The predicted octanol–water partition coefficient (Wildman–Crippen LogP) is 4.34. The Bertz CT molecular complexity index is 784. The molecular formula is C18H15F2N. The molecule has 0 heterocycles. The van der Waals surface area contributed by atoms with Crippen molar-refractivity contribution in [2.24, 2.45) is 5.73 Å². The monoisotopic (exact) mass is 283 g/mol. The first-order chi connectivity index (χ1) is 9.98. The van der Waals surface area contributed by atoms with Crippen molar-refractivity contribution >= 4 is 10.8 Å². The van der Waals surface area contributed by atoms with Crippen molar-refractivity contribution in [2.75, 3.05) is 0 Å². The van der Waals surface area contributed by atoms with Crippen LogP contribution >= 0.6 is 0 Å². The van der Waals surface area contributed by atoms with Gasteiger partial charge in [-0.2, -0.15) is 0 Å². The van der Waals surface area contributed by atoms with E-state index in [9.17, 15) is 8.78 Å². The highest BCUT2D eigenvalue weighted by atomic mass is 19.1. The van der Waals surface area contributed by atoms with Crippen molar-refractivity contribution in [3.05, 3.63) is 83.4 Å². The Kier molecular flexibility index (Phi) is 3.22. The van der Waals surface area contributed by atoms with Crippen LogP contribution in [-0.4, -0.2) is 0 Å². The molecule has 0 aliphatic rings. The molecule has 0 fully saturated rings. The Morgan fingerprint density at radius 2 is 1.48 bits per heavy atom. The van der Waals surface area contributed by atoms with Crippen LogP contribution < -0.4 is 5.73 Å². The van der Waals surface area contributed by atoms with Crippen LogP contribution in [0.15, 0.2) is 60.7 Å². The average Bonchev–Trinajstić information content (AvgIpc) is 2.45. The summed E-state index contributed by atoms with van der Waals surface area (Å²) in [5.41, 5.74) is 6.70. The quantitative estimate of drug-likeness (QED) is 0.744. The molecule has 3 aromatic rings. The van der Waals surface area contributed by atoms with Gasteiger partial charge in [0.25, 0.3) is 0 Å². The van der Waals surface area contributed by atoms with Crippen molar-refractivity contribution in [2.45, 2.75) is 12.5 Å². The van der Waals surface area contributed by atoms with Gasteiger partial charge in [0.2, 0.25) is 0 Å². The summed E-state index contributed by atoms with van der Waals surface area (Å²) < 4.78 is 27.0. The number of hydrogen-bond donors (Lipinski definition) is 1. The van der Waals surface area contributed by atoms with Crippen LogP contribution in [0, 0.1) is 11.6 Å². The maximum Gasteiger partial charge on any atom is 0.126 e. The molecule has 1 atom stereocenters. The van der Waals surface area contributed by atoms with Gasteiger partial charge >= 0.3 is 0 Å². The summed E-state index contributed by atoms with van der Waals surface area (Å²) in [6.07, 6.45) is 0. The number of halogens is 2. The molecule has 0 aliphatic carbocycles. The third kappa shape index (κ3) is 2.41. The molecule has 3 heteroatoms. The topological polar surface area (TPSA) is 26.0 Å². The Labute approximate surface area is 122 Å². The molecule has 0 aromatic heterocycles. The lowest BCUT2D eigenvalue weighted by molar-refractivity contribution is 0.552. The van der Waals surface area contributed by atoms with Crippen LogP contribution in [0.2, 0.25) is 0 Å². The normalized spacial score (nSPS) is 14.1. The molecule has 106 valence electrons. The summed E-state index contributed by atoms with van der Waals surface area (Å²) in [5.74, 6) is -1.25. The van der Waals surface area contributed by atoms with E-state index in [4.69, 9.17) is 5.73 Å². The second kappa shape index (κ2) is 4.93. The van der Waals surface area contributed by atoms with E-state index in [2.05, 4.69) is 0 Å². The number of fused-ring (bicyclic) bond motifs is 1. The fourth-order valence-electron chi connectivity index (χ4n) is 2.69. The van der Waals surface area contributed by atoms with E-state index in [1.54, 1.807) is 6.92 Å². The van der Waals surface area contributed by atoms with Crippen molar-refractivity contribution in [1.82, 2.24) is 0 Å². The number of rotatable bonds is 2. The smallest absolute Gasteiger partial charge is 0.126 e. The summed E-state index contributed by atoms with van der Waals surface area (Å²) >= 11 is 0. The van der Waals surface area contributed by atoms with Gasteiger partial charge < -0.3 is 5.73 Å². The Hall–Kier alpha value is -2.26. The van der Waals surface area contributed by atoms with E-state index >= 15 is 0 Å². The molecule has 1 unspecified atom stereocenters. The van der Waals surface area contributed by atoms with Crippen molar-refractivity contribution in [1.29, 1.82) is 0 Å². The summed E-state index contributed by atoms with van der Waals surface area (Å²) in [6.45, 7) is 1.77. The van der Waals surface area contributed by atoms with Gasteiger partial charge in [0.05, 0.1) is 5.54 Å². The van der Waals surface area contributed by atoms with Gasteiger partial charge in [-0.3, -0.25) is 0 Å². The van der Waals surface area contributed by atoms with Crippen LogP contribution in [-0.2, 0) is 5.54 Å². The molecule has 0 saturated carbocycles. The molecule has 3 aromatic carbocycles. The minimum absolute atomic E-state index is 0.413. The van der Waals surface area contributed by atoms with E-state index < -0.39 is 17.2 Å². The molecule has 21 heavy (non-hydrogen) atoms. The van der Waals surface area contributed by atoms with Crippen molar-refractivity contribution < 1.29 is 8.78 Å². The molecular weight excluding hydrogens is 268 g/mol. The number of benzene rings is 3. The maximum atomic E-state index is 13.5. The van der Waals surface area contributed by atoms with Crippen molar-refractivity contribution in [3.8, 4) is 0 Å². The van der Waals surface area contributed by atoms with Crippen LogP contribution in [0.25, 0.3) is 10.8 Å². The summed E-state index contributed by atoms with van der Waals surface area (Å²) in [4.78, 5) is 0. The second-order valence-electron chi connectivity index (χ2n) is 5.39. The third-order valence-electron chi connectivity index (χ3n) is 3.81. The summed E-state index contributed by atoms with van der Waals surface area (Å²) in [7, 11) is 0. The molecule has 0 bridgehead atoms. The molecule has 0 aliphatic heterocycles. The van der Waals surface area contributed by atoms with E-state index in [-0.39, 0.29) is 0 Å². The molecule has 0 saturated heterocycles. The van der Waals surface area contributed by atoms with E-state index in [0.29, 0.717) is 5.56 Å². The molecule has 2 N–H and O–H groups in total. The second-order valence-corrected chi connectivity index (χ2v) is 5.39. The average molecular weight is 283 g/mol. The van der Waals surface area contributed by atoms with Gasteiger partial charge in [-0.25, -0.2) is 8.78 Å². The van der Waals surface area contributed by atoms with E-state index in [1.807, 2.05) is 42.5 Å². The fourth-order valence-corrected chi connectivity index (χ4v) is 2.69. The predicted molar refractivity (Wildman–Crippen MR) is 80.9 cm³/mol. The third-order valence-corrected chi connectivity index (χ3v) is 3.81. The van der Waals surface area contributed by atoms with Crippen LogP contribution in [0.5, 0.6) is 0 Å². The molecule has 0 radical (unpaired) electrons. The van der Waals surface area contributed by atoms with Crippen LogP contribution in [0.3, 0.4) is 0 Å². The zero-order chi connectivity index (χ0) is 15.0.